The first-order valence-corrected chi connectivity index (χ1v) is 9.24. The number of thiophene rings is 1. The summed E-state index contributed by atoms with van der Waals surface area (Å²) in [6, 6.07) is 12.4. The number of carbonyl (C=O) groups excluding carboxylic acids is 2. The SMILES string of the molecule is CN1C(=O)CC(c2cccc(NC(=O)c3ccc4sccc4n3)c2)N=C1N. The highest BCUT2D eigenvalue weighted by Crippen LogP contribution is 2.27. The summed E-state index contributed by atoms with van der Waals surface area (Å²) in [6.45, 7) is 0. The van der Waals surface area contributed by atoms with Crippen LogP contribution in [0, 0.1) is 0 Å². The number of pyridine rings is 1. The van der Waals surface area contributed by atoms with Crippen molar-refractivity contribution in [3.8, 4) is 0 Å². The van der Waals surface area contributed by atoms with Crippen molar-refractivity contribution in [1.29, 1.82) is 0 Å². The monoisotopic (exact) mass is 379 g/mol. The highest BCUT2D eigenvalue weighted by Gasteiger charge is 2.25. The van der Waals surface area contributed by atoms with Crippen LogP contribution in [-0.2, 0) is 4.79 Å². The second-order valence-electron chi connectivity index (χ2n) is 6.24. The zero-order valence-corrected chi connectivity index (χ0v) is 15.4. The van der Waals surface area contributed by atoms with E-state index in [4.69, 9.17) is 5.73 Å². The molecule has 7 nitrogen and oxygen atoms in total. The van der Waals surface area contributed by atoms with Gasteiger partial charge in [0.15, 0.2) is 5.96 Å². The van der Waals surface area contributed by atoms with Gasteiger partial charge < -0.3 is 11.1 Å². The van der Waals surface area contributed by atoms with Crippen molar-refractivity contribution >= 4 is 45.0 Å². The molecular weight excluding hydrogens is 362 g/mol. The van der Waals surface area contributed by atoms with Crippen LogP contribution in [-0.4, -0.2) is 34.7 Å². The zero-order valence-electron chi connectivity index (χ0n) is 14.5. The van der Waals surface area contributed by atoms with Gasteiger partial charge in [-0.05, 0) is 41.3 Å². The van der Waals surface area contributed by atoms with E-state index in [0.29, 0.717) is 11.4 Å². The first-order valence-electron chi connectivity index (χ1n) is 8.36. The van der Waals surface area contributed by atoms with Gasteiger partial charge in [-0.3, -0.25) is 14.5 Å². The smallest absolute Gasteiger partial charge is 0.274 e. The van der Waals surface area contributed by atoms with Gasteiger partial charge in [-0.2, -0.15) is 0 Å². The molecule has 8 heteroatoms. The van der Waals surface area contributed by atoms with Gasteiger partial charge in [0.2, 0.25) is 5.91 Å². The number of benzene rings is 1. The van der Waals surface area contributed by atoms with Gasteiger partial charge in [0, 0.05) is 12.7 Å². The lowest BCUT2D eigenvalue weighted by Gasteiger charge is -2.25. The summed E-state index contributed by atoms with van der Waals surface area (Å²) in [4.78, 5) is 34.6. The number of nitrogens with two attached hydrogens (primary N) is 1. The Balaban J connectivity index is 1.55. The van der Waals surface area contributed by atoms with Crippen LogP contribution in [0.2, 0.25) is 0 Å². The van der Waals surface area contributed by atoms with Crippen LogP contribution in [0.1, 0.15) is 28.5 Å². The Labute approximate surface area is 159 Å². The van der Waals surface area contributed by atoms with Gasteiger partial charge in [-0.25, -0.2) is 9.98 Å². The van der Waals surface area contributed by atoms with Crippen LogP contribution in [0.15, 0.2) is 52.8 Å². The van der Waals surface area contributed by atoms with Crippen LogP contribution in [0.4, 0.5) is 5.69 Å². The first kappa shape index (κ1) is 17.2. The molecule has 4 rings (SSSR count). The van der Waals surface area contributed by atoms with Crippen LogP contribution in [0.3, 0.4) is 0 Å². The molecule has 1 aliphatic heterocycles. The molecule has 1 unspecified atom stereocenters. The summed E-state index contributed by atoms with van der Waals surface area (Å²) in [5.74, 6) is -0.183. The number of nitrogens with one attached hydrogen (secondary N) is 1. The molecule has 0 saturated carbocycles. The van der Waals surface area contributed by atoms with Crippen LogP contribution >= 0.6 is 11.3 Å². The standard InChI is InChI=1S/C19H17N5O2S/c1-24-17(25)10-15(23-19(24)20)11-3-2-4-12(9-11)21-18(26)14-5-6-16-13(22-14)7-8-27-16/h2-9,15H,10H2,1H3,(H2,20,23)(H,21,26). The summed E-state index contributed by atoms with van der Waals surface area (Å²) in [5, 5.41) is 4.80. The van der Waals surface area contributed by atoms with Crippen molar-refractivity contribution in [2.75, 3.05) is 12.4 Å². The fraction of sp³-hybridized carbons (Fsp3) is 0.158. The maximum absolute atomic E-state index is 12.5. The Hall–Kier alpha value is -3.26. The molecule has 27 heavy (non-hydrogen) atoms. The molecule has 0 bridgehead atoms. The molecule has 0 fully saturated rings. The number of hydrogen-bond donors (Lipinski definition) is 2. The Morgan fingerprint density at radius 1 is 1.30 bits per heavy atom. The van der Waals surface area contributed by atoms with E-state index in [1.807, 2.05) is 29.6 Å². The fourth-order valence-electron chi connectivity index (χ4n) is 2.91. The molecule has 2 amide bonds. The van der Waals surface area contributed by atoms with Crippen LogP contribution in [0.5, 0.6) is 0 Å². The number of anilines is 1. The van der Waals surface area contributed by atoms with Gasteiger partial charge in [0.05, 0.1) is 22.7 Å². The lowest BCUT2D eigenvalue weighted by atomic mass is 10.0. The minimum Gasteiger partial charge on any atom is -0.369 e. The van der Waals surface area contributed by atoms with E-state index < -0.39 is 0 Å². The first-order chi connectivity index (χ1) is 13.0. The minimum absolute atomic E-state index is 0.0878. The number of hydrogen-bond acceptors (Lipinski definition) is 6. The lowest BCUT2D eigenvalue weighted by Crippen LogP contribution is -2.42. The van der Waals surface area contributed by atoms with E-state index >= 15 is 0 Å². The molecule has 1 aliphatic rings. The van der Waals surface area contributed by atoms with Crippen molar-refractivity contribution in [2.24, 2.45) is 10.7 Å². The molecule has 2 aromatic heterocycles. The van der Waals surface area contributed by atoms with Gasteiger partial charge in [-0.1, -0.05) is 12.1 Å². The highest BCUT2D eigenvalue weighted by atomic mass is 32.1. The molecule has 0 aliphatic carbocycles. The summed E-state index contributed by atoms with van der Waals surface area (Å²) < 4.78 is 1.04. The number of guanidine groups is 1. The third-order valence-corrected chi connectivity index (χ3v) is 5.31. The number of aliphatic imine (C=N–C) groups is 1. The van der Waals surface area contributed by atoms with E-state index in [1.165, 1.54) is 4.90 Å². The number of carbonyl (C=O) groups is 2. The second kappa shape index (κ2) is 6.81. The molecular formula is C19H17N5O2S. The van der Waals surface area contributed by atoms with Gasteiger partial charge in [-0.15, -0.1) is 11.3 Å². The topological polar surface area (TPSA) is 101 Å². The Morgan fingerprint density at radius 2 is 2.15 bits per heavy atom. The quantitative estimate of drug-likeness (QED) is 0.731. The number of amides is 2. The third kappa shape index (κ3) is 3.39. The number of rotatable bonds is 3. The maximum Gasteiger partial charge on any atom is 0.274 e. The molecule has 0 spiro atoms. The third-order valence-electron chi connectivity index (χ3n) is 4.44. The molecule has 1 atom stereocenters. The molecule has 136 valence electrons. The van der Waals surface area contributed by atoms with Crippen LogP contribution in [0.25, 0.3) is 10.2 Å². The predicted octanol–water partition coefficient (Wildman–Crippen LogP) is 2.77. The van der Waals surface area contributed by atoms with E-state index in [9.17, 15) is 9.59 Å². The van der Waals surface area contributed by atoms with Crippen LogP contribution < -0.4 is 11.1 Å². The minimum atomic E-state index is -0.356. The van der Waals surface area contributed by atoms with Crippen molar-refractivity contribution in [3.05, 3.63) is 59.1 Å². The molecule has 0 saturated heterocycles. The van der Waals surface area contributed by atoms with Gasteiger partial charge >= 0.3 is 0 Å². The number of aromatic nitrogens is 1. The highest BCUT2D eigenvalue weighted by molar-refractivity contribution is 7.17. The van der Waals surface area contributed by atoms with Gasteiger partial charge in [0.1, 0.15) is 5.69 Å². The van der Waals surface area contributed by atoms with E-state index in [1.54, 1.807) is 36.6 Å². The normalized spacial score (nSPS) is 17.1. The Morgan fingerprint density at radius 3 is 2.96 bits per heavy atom. The second-order valence-corrected chi connectivity index (χ2v) is 7.19. The van der Waals surface area contributed by atoms with Gasteiger partial charge in [0.25, 0.3) is 5.91 Å². The van der Waals surface area contributed by atoms with E-state index in [-0.39, 0.29) is 30.2 Å². The van der Waals surface area contributed by atoms with Crippen molar-refractivity contribution in [1.82, 2.24) is 9.88 Å². The van der Waals surface area contributed by atoms with Crippen molar-refractivity contribution in [3.63, 3.8) is 0 Å². The summed E-state index contributed by atoms with van der Waals surface area (Å²) in [6.07, 6.45) is 0.241. The van der Waals surface area contributed by atoms with Crippen molar-refractivity contribution < 1.29 is 9.59 Å². The summed E-state index contributed by atoms with van der Waals surface area (Å²) in [7, 11) is 1.60. The average Bonchev–Trinajstić information content (AvgIpc) is 3.13. The summed E-state index contributed by atoms with van der Waals surface area (Å²) in [5.41, 5.74) is 8.39. The molecule has 3 N–H and O–H groups in total. The largest absolute Gasteiger partial charge is 0.369 e. The summed E-state index contributed by atoms with van der Waals surface area (Å²) >= 11 is 1.58. The zero-order chi connectivity index (χ0) is 19.0. The fourth-order valence-corrected chi connectivity index (χ4v) is 3.64. The Bertz CT molecular complexity index is 1070. The number of fused-ring (bicyclic) bond motifs is 1. The molecule has 3 aromatic rings. The predicted molar refractivity (Wildman–Crippen MR) is 106 cm³/mol. The van der Waals surface area contributed by atoms with Crippen molar-refractivity contribution in [2.45, 2.75) is 12.5 Å². The van der Waals surface area contributed by atoms with E-state index in [2.05, 4.69) is 15.3 Å². The molecule has 1 aromatic carbocycles. The Kier molecular flexibility index (Phi) is 4.33. The van der Waals surface area contributed by atoms with E-state index in [0.717, 1.165) is 15.8 Å². The number of nitrogens with zero attached hydrogens (tertiary/aromatic N) is 3. The molecule has 0 radical (unpaired) electrons. The molecule has 3 heterocycles. The maximum atomic E-state index is 12.5. The lowest BCUT2D eigenvalue weighted by molar-refractivity contribution is -0.127. The average molecular weight is 379 g/mol.